The van der Waals surface area contributed by atoms with Crippen molar-refractivity contribution in [3.05, 3.63) is 45.5 Å². The highest BCUT2D eigenvalue weighted by atomic mass is 19.3. The molecule has 1 aliphatic rings. The van der Waals surface area contributed by atoms with Crippen molar-refractivity contribution in [2.45, 2.75) is 19.5 Å². The molecule has 0 radical (unpaired) electrons. The Morgan fingerprint density at radius 2 is 1.92 bits per heavy atom. The number of nitrogens with one attached hydrogen (secondary N) is 2. The van der Waals surface area contributed by atoms with Crippen molar-refractivity contribution in [2.75, 3.05) is 18.0 Å². The average molecular weight is 366 g/mol. The first-order chi connectivity index (χ1) is 12.5. The first-order valence-electron chi connectivity index (χ1n) is 7.83. The van der Waals surface area contributed by atoms with E-state index in [9.17, 15) is 18.4 Å². The third-order valence-electron chi connectivity index (χ3n) is 3.88. The third-order valence-corrected chi connectivity index (χ3v) is 3.88. The summed E-state index contributed by atoms with van der Waals surface area (Å²) in [6, 6.07) is 1.86. The summed E-state index contributed by atoms with van der Waals surface area (Å²) in [6.07, 6.45) is 7.11. The molecule has 0 unspecified atom stereocenters. The molecule has 0 aromatic carbocycles. The minimum Gasteiger partial charge on any atom is -0.368 e. The monoisotopic (exact) mass is 366 g/mol. The number of fused-ring (bicyclic) bond motifs is 1. The number of aromatic amines is 2. The first-order valence-corrected chi connectivity index (χ1v) is 7.83. The van der Waals surface area contributed by atoms with Crippen molar-refractivity contribution >= 4 is 11.3 Å². The Labute approximate surface area is 144 Å². The van der Waals surface area contributed by atoms with Crippen LogP contribution in [-0.2, 0) is 0 Å². The Balaban J connectivity index is 0.000000447. The maximum absolute atomic E-state index is 12.0. The van der Waals surface area contributed by atoms with Gasteiger partial charge in [0.15, 0.2) is 5.65 Å². The topological polar surface area (TPSA) is 119 Å². The van der Waals surface area contributed by atoms with Crippen LogP contribution in [0.4, 0.5) is 14.5 Å². The van der Waals surface area contributed by atoms with E-state index in [0.29, 0.717) is 11.3 Å². The van der Waals surface area contributed by atoms with Crippen molar-refractivity contribution in [3.8, 4) is 11.3 Å². The lowest BCUT2D eigenvalue weighted by Crippen LogP contribution is -2.23. The second-order valence-electron chi connectivity index (χ2n) is 5.57. The molecule has 1 aliphatic heterocycles. The third kappa shape index (κ3) is 3.77. The number of aromatic nitrogens is 5. The Morgan fingerprint density at radius 3 is 2.58 bits per heavy atom. The molecule has 3 aromatic rings. The number of hydrogen-bond acceptors (Lipinski definition) is 6. The van der Waals surface area contributed by atoms with E-state index in [1.807, 2.05) is 6.07 Å². The Bertz CT molecular complexity index is 1000. The van der Waals surface area contributed by atoms with Crippen LogP contribution in [0.3, 0.4) is 0 Å². The van der Waals surface area contributed by atoms with Crippen LogP contribution in [0.5, 0.6) is 0 Å². The van der Waals surface area contributed by atoms with E-state index in [1.54, 1.807) is 16.9 Å². The lowest BCUT2D eigenvalue weighted by atomic mass is 10.2. The molecular weight excluding hydrogens is 350 g/mol. The minimum atomic E-state index is -3.17. The molecule has 0 atom stereocenters. The normalized spacial score (nSPS) is 13.9. The van der Waals surface area contributed by atoms with Gasteiger partial charge in [-0.1, -0.05) is 0 Å². The van der Waals surface area contributed by atoms with Gasteiger partial charge >= 0.3 is 12.3 Å². The number of imidazole rings is 1. The number of anilines is 1. The molecule has 0 amide bonds. The largest absolute Gasteiger partial charge is 0.368 e. The van der Waals surface area contributed by atoms with Crippen LogP contribution >= 0.6 is 0 Å². The summed E-state index contributed by atoms with van der Waals surface area (Å²) in [5, 5.41) is 11.1. The smallest absolute Gasteiger partial charge is 0.342 e. The summed E-state index contributed by atoms with van der Waals surface area (Å²) < 4.78 is 21.4. The van der Waals surface area contributed by atoms with Crippen LogP contribution in [0.15, 0.2) is 34.2 Å². The molecule has 0 bridgehead atoms. The van der Waals surface area contributed by atoms with E-state index < -0.39 is 17.9 Å². The van der Waals surface area contributed by atoms with Crippen LogP contribution < -0.4 is 16.1 Å². The van der Waals surface area contributed by atoms with Crippen molar-refractivity contribution in [1.29, 1.82) is 0 Å². The van der Waals surface area contributed by atoms with Crippen molar-refractivity contribution < 1.29 is 13.9 Å². The van der Waals surface area contributed by atoms with Crippen molar-refractivity contribution in [2.24, 2.45) is 0 Å². The van der Waals surface area contributed by atoms with Gasteiger partial charge in [0.25, 0.3) is 5.56 Å². The number of aliphatic hydroxyl groups excluding tert-OH is 1. The maximum Gasteiger partial charge on any atom is 0.342 e. The Morgan fingerprint density at radius 1 is 1.23 bits per heavy atom. The second-order valence-corrected chi connectivity index (χ2v) is 5.57. The van der Waals surface area contributed by atoms with Gasteiger partial charge in [-0.2, -0.15) is 13.9 Å². The number of nitrogens with zero attached hydrogens (tertiary/aromatic N) is 4. The minimum absolute atomic E-state index is 0.329. The Kier molecular flexibility index (Phi) is 5.07. The van der Waals surface area contributed by atoms with Gasteiger partial charge in [-0.15, -0.1) is 0 Å². The molecule has 9 nitrogen and oxygen atoms in total. The molecule has 26 heavy (non-hydrogen) atoms. The maximum atomic E-state index is 12.0. The highest BCUT2D eigenvalue weighted by Crippen LogP contribution is 2.27. The van der Waals surface area contributed by atoms with Gasteiger partial charge in [0.2, 0.25) is 0 Å². The van der Waals surface area contributed by atoms with E-state index in [2.05, 4.69) is 25.0 Å². The zero-order chi connectivity index (χ0) is 18.7. The SMILES string of the molecule is O=c1[nH]cc(-c2cc(N3CCCC3)c3nccn3n2)c(=O)[nH]1.OC(F)F. The molecule has 138 valence electrons. The quantitative estimate of drug-likeness (QED) is 0.610. The summed E-state index contributed by atoms with van der Waals surface area (Å²) in [5.74, 6) is 0. The molecule has 3 aromatic heterocycles. The fraction of sp³-hybridized carbons (Fsp3) is 0.333. The number of H-pyrrole nitrogens is 2. The Hall–Kier alpha value is -3.08. The van der Waals surface area contributed by atoms with Gasteiger partial charge in [0.1, 0.15) is 5.69 Å². The van der Waals surface area contributed by atoms with Crippen LogP contribution in [-0.4, -0.2) is 49.4 Å². The van der Waals surface area contributed by atoms with Crippen LogP contribution in [0.25, 0.3) is 16.9 Å². The standard InChI is InChI=1S/C14H14N6O2.CH2F2O/c21-13-9(8-16-14(22)17-13)10-7-11(19-4-1-2-5-19)12-15-3-6-20(12)18-10;2-1(3)4/h3,6-8H,1-2,4-5H2,(H2,16,17,21,22);1,4H. The molecule has 1 fully saturated rings. The van der Waals surface area contributed by atoms with Crippen LogP contribution in [0.1, 0.15) is 12.8 Å². The van der Waals surface area contributed by atoms with E-state index >= 15 is 0 Å². The summed E-state index contributed by atoms with van der Waals surface area (Å²) in [6.45, 7) is -1.23. The van der Waals surface area contributed by atoms with Crippen molar-refractivity contribution in [1.82, 2.24) is 24.6 Å². The predicted molar refractivity (Wildman–Crippen MR) is 89.3 cm³/mol. The van der Waals surface area contributed by atoms with Crippen molar-refractivity contribution in [3.63, 3.8) is 0 Å². The van der Waals surface area contributed by atoms with E-state index in [0.717, 1.165) is 37.3 Å². The molecule has 0 spiro atoms. The fourth-order valence-corrected chi connectivity index (χ4v) is 2.82. The van der Waals surface area contributed by atoms with E-state index in [4.69, 9.17) is 5.11 Å². The first kappa shape index (κ1) is 17.7. The average Bonchev–Trinajstić information content (AvgIpc) is 3.25. The zero-order valence-electron chi connectivity index (χ0n) is 13.5. The van der Waals surface area contributed by atoms with Crippen LogP contribution in [0, 0.1) is 0 Å². The summed E-state index contributed by atoms with van der Waals surface area (Å²) in [7, 11) is 0. The number of hydrogen-bond donors (Lipinski definition) is 3. The zero-order valence-corrected chi connectivity index (χ0v) is 13.5. The number of rotatable bonds is 2. The lowest BCUT2D eigenvalue weighted by Gasteiger charge is -2.18. The van der Waals surface area contributed by atoms with Gasteiger partial charge in [-0.25, -0.2) is 14.3 Å². The molecule has 0 aliphatic carbocycles. The number of alkyl halides is 2. The molecule has 0 saturated carbocycles. The second kappa shape index (κ2) is 7.44. The van der Waals surface area contributed by atoms with Gasteiger partial charge in [-0.3, -0.25) is 9.78 Å². The number of aliphatic hydroxyl groups is 1. The predicted octanol–water partition coefficient (Wildman–Crippen LogP) is 0.574. The van der Waals surface area contributed by atoms with Gasteiger partial charge in [0.05, 0.1) is 11.3 Å². The molecule has 4 heterocycles. The highest BCUT2D eigenvalue weighted by Gasteiger charge is 2.19. The molecular formula is C15H16F2N6O3. The molecule has 11 heteroatoms. The lowest BCUT2D eigenvalue weighted by molar-refractivity contribution is -0.0728. The number of halogens is 2. The van der Waals surface area contributed by atoms with Gasteiger partial charge in [-0.05, 0) is 18.9 Å². The molecule has 4 rings (SSSR count). The van der Waals surface area contributed by atoms with Gasteiger partial charge in [0, 0.05) is 31.7 Å². The summed E-state index contributed by atoms with van der Waals surface area (Å²) in [4.78, 5) is 34.5. The summed E-state index contributed by atoms with van der Waals surface area (Å²) in [5.41, 5.74) is 1.57. The molecule has 3 N–H and O–H groups in total. The van der Waals surface area contributed by atoms with E-state index in [-0.39, 0.29) is 0 Å². The van der Waals surface area contributed by atoms with Gasteiger partial charge < -0.3 is 15.0 Å². The summed E-state index contributed by atoms with van der Waals surface area (Å²) >= 11 is 0. The highest BCUT2D eigenvalue weighted by molar-refractivity contribution is 5.74. The fourth-order valence-electron chi connectivity index (χ4n) is 2.82. The van der Waals surface area contributed by atoms with E-state index in [1.165, 1.54) is 6.20 Å². The molecule has 1 saturated heterocycles. The van der Waals surface area contributed by atoms with Crippen LogP contribution in [0.2, 0.25) is 0 Å².